The van der Waals surface area contributed by atoms with Crippen LogP contribution in [0.1, 0.15) is 18.9 Å². The molecular weight excluding hydrogens is 233 g/mol. The Morgan fingerprint density at radius 3 is 2.82 bits per heavy atom. The lowest BCUT2D eigenvalue weighted by atomic mass is 10.2. The summed E-state index contributed by atoms with van der Waals surface area (Å²) < 4.78 is 40.8. The van der Waals surface area contributed by atoms with Crippen LogP contribution in [0.2, 0.25) is 0 Å². The van der Waals surface area contributed by atoms with Gasteiger partial charge in [-0.1, -0.05) is 6.92 Å². The largest absolute Gasteiger partial charge is 0.482 e. The van der Waals surface area contributed by atoms with Gasteiger partial charge in [0.15, 0.2) is 6.61 Å². The fourth-order valence-electron chi connectivity index (χ4n) is 1.24. The maximum Gasteiger partial charge on any atom is 0.422 e. The third kappa shape index (κ3) is 5.53. The molecule has 0 atom stereocenters. The molecule has 0 saturated carbocycles. The molecular formula is C11H15F3N2O. The van der Waals surface area contributed by atoms with Gasteiger partial charge < -0.3 is 10.1 Å². The second-order valence-electron chi connectivity index (χ2n) is 3.56. The maximum atomic E-state index is 12.0. The van der Waals surface area contributed by atoms with Crippen molar-refractivity contribution in [3.8, 4) is 5.75 Å². The highest BCUT2D eigenvalue weighted by Gasteiger charge is 2.28. The maximum absolute atomic E-state index is 12.0. The van der Waals surface area contributed by atoms with Crippen molar-refractivity contribution >= 4 is 0 Å². The summed E-state index contributed by atoms with van der Waals surface area (Å²) in [7, 11) is 0. The van der Waals surface area contributed by atoms with Gasteiger partial charge in [-0.3, -0.25) is 4.98 Å². The van der Waals surface area contributed by atoms with Crippen molar-refractivity contribution in [3.63, 3.8) is 0 Å². The summed E-state index contributed by atoms with van der Waals surface area (Å²) in [5.74, 6) is 0.174. The van der Waals surface area contributed by atoms with Crippen LogP contribution in [0.25, 0.3) is 0 Å². The van der Waals surface area contributed by atoms with Gasteiger partial charge in [0.25, 0.3) is 0 Å². The number of hydrogen-bond acceptors (Lipinski definition) is 3. The van der Waals surface area contributed by atoms with Gasteiger partial charge in [-0.2, -0.15) is 13.2 Å². The SMILES string of the molecule is CCCNCc1ccncc1OCC(F)(F)F. The lowest BCUT2D eigenvalue weighted by Crippen LogP contribution is -2.21. The molecule has 1 aromatic rings. The summed E-state index contributed by atoms with van der Waals surface area (Å²) >= 11 is 0. The van der Waals surface area contributed by atoms with Crippen LogP contribution >= 0.6 is 0 Å². The fraction of sp³-hybridized carbons (Fsp3) is 0.545. The van der Waals surface area contributed by atoms with E-state index in [1.807, 2.05) is 6.92 Å². The minimum Gasteiger partial charge on any atom is -0.482 e. The fourth-order valence-corrected chi connectivity index (χ4v) is 1.24. The lowest BCUT2D eigenvalue weighted by Gasteiger charge is -2.12. The Balaban J connectivity index is 2.58. The number of pyridine rings is 1. The molecule has 0 spiro atoms. The summed E-state index contributed by atoms with van der Waals surface area (Å²) in [5.41, 5.74) is 0.678. The molecule has 3 nitrogen and oxygen atoms in total. The third-order valence-electron chi connectivity index (χ3n) is 2.00. The zero-order valence-electron chi connectivity index (χ0n) is 9.55. The van der Waals surface area contributed by atoms with Gasteiger partial charge in [-0.25, -0.2) is 0 Å². The summed E-state index contributed by atoms with van der Waals surface area (Å²) in [6, 6.07) is 1.65. The number of ether oxygens (including phenoxy) is 1. The molecule has 0 saturated heterocycles. The Morgan fingerprint density at radius 1 is 1.41 bits per heavy atom. The predicted octanol–water partition coefficient (Wildman–Crippen LogP) is 2.52. The number of alkyl halides is 3. The molecule has 0 amide bonds. The molecule has 0 fully saturated rings. The quantitative estimate of drug-likeness (QED) is 0.785. The Hall–Kier alpha value is -1.30. The highest BCUT2D eigenvalue weighted by molar-refractivity contribution is 5.29. The Bertz CT molecular complexity index is 342. The van der Waals surface area contributed by atoms with Crippen molar-refractivity contribution in [2.24, 2.45) is 0 Å². The second kappa shape index (κ2) is 6.44. The average Bonchev–Trinajstić information content (AvgIpc) is 2.27. The van der Waals surface area contributed by atoms with Gasteiger partial charge in [0, 0.05) is 18.3 Å². The molecule has 1 rings (SSSR count). The summed E-state index contributed by atoms with van der Waals surface area (Å²) in [4.78, 5) is 3.75. The van der Waals surface area contributed by atoms with E-state index in [0.29, 0.717) is 12.1 Å². The highest BCUT2D eigenvalue weighted by Crippen LogP contribution is 2.21. The van der Waals surface area contributed by atoms with E-state index in [0.717, 1.165) is 13.0 Å². The Labute approximate surface area is 98.0 Å². The van der Waals surface area contributed by atoms with Gasteiger partial charge >= 0.3 is 6.18 Å². The van der Waals surface area contributed by atoms with Crippen molar-refractivity contribution < 1.29 is 17.9 Å². The third-order valence-corrected chi connectivity index (χ3v) is 2.00. The number of halogens is 3. The molecule has 96 valence electrons. The summed E-state index contributed by atoms with van der Waals surface area (Å²) in [6.45, 7) is 2.00. The monoisotopic (exact) mass is 248 g/mol. The molecule has 1 heterocycles. The molecule has 0 unspecified atom stereocenters. The first-order valence-corrected chi connectivity index (χ1v) is 5.36. The minimum absolute atomic E-state index is 0.174. The molecule has 1 N–H and O–H groups in total. The second-order valence-corrected chi connectivity index (χ2v) is 3.56. The van der Waals surface area contributed by atoms with Gasteiger partial charge in [0.2, 0.25) is 0 Å². The van der Waals surface area contributed by atoms with E-state index in [9.17, 15) is 13.2 Å². The number of aromatic nitrogens is 1. The average molecular weight is 248 g/mol. The molecule has 0 radical (unpaired) electrons. The van der Waals surface area contributed by atoms with Crippen LogP contribution in [-0.4, -0.2) is 24.3 Å². The molecule has 0 bridgehead atoms. The molecule has 17 heavy (non-hydrogen) atoms. The van der Waals surface area contributed by atoms with Gasteiger partial charge in [0.05, 0.1) is 6.20 Å². The van der Waals surface area contributed by atoms with Gasteiger partial charge in [-0.05, 0) is 19.0 Å². The number of nitrogens with zero attached hydrogens (tertiary/aromatic N) is 1. The Kier molecular flexibility index (Phi) is 5.21. The first-order chi connectivity index (χ1) is 8.03. The van der Waals surface area contributed by atoms with E-state index in [1.165, 1.54) is 12.4 Å². The van der Waals surface area contributed by atoms with Crippen LogP contribution < -0.4 is 10.1 Å². The van der Waals surface area contributed by atoms with E-state index < -0.39 is 12.8 Å². The van der Waals surface area contributed by atoms with Crippen molar-refractivity contribution in [3.05, 3.63) is 24.0 Å². The number of hydrogen-bond donors (Lipinski definition) is 1. The predicted molar refractivity (Wildman–Crippen MR) is 57.8 cm³/mol. The molecule has 0 aromatic carbocycles. The summed E-state index contributed by atoms with van der Waals surface area (Å²) in [5, 5.41) is 3.10. The lowest BCUT2D eigenvalue weighted by molar-refractivity contribution is -0.153. The minimum atomic E-state index is -4.33. The van der Waals surface area contributed by atoms with Crippen LogP contribution in [0.5, 0.6) is 5.75 Å². The first-order valence-electron chi connectivity index (χ1n) is 5.36. The zero-order valence-corrected chi connectivity index (χ0v) is 9.55. The topological polar surface area (TPSA) is 34.2 Å². The number of rotatable bonds is 6. The normalized spacial score (nSPS) is 11.5. The standard InChI is InChI=1S/C11H15F3N2O/c1-2-4-15-6-9-3-5-16-7-10(9)17-8-11(12,13)14/h3,5,7,15H,2,4,6,8H2,1H3. The number of nitrogens with one attached hydrogen (secondary N) is 1. The van der Waals surface area contributed by atoms with Crippen molar-refractivity contribution in [2.75, 3.05) is 13.2 Å². The van der Waals surface area contributed by atoms with Crippen molar-refractivity contribution in [1.29, 1.82) is 0 Å². The van der Waals surface area contributed by atoms with Crippen LogP contribution in [0.4, 0.5) is 13.2 Å². The van der Waals surface area contributed by atoms with E-state index in [-0.39, 0.29) is 5.75 Å². The van der Waals surface area contributed by atoms with Gasteiger partial charge in [0.1, 0.15) is 5.75 Å². The molecule has 0 aliphatic heterocycles. The van der Waals surface area contributed by atoms with Crippen LogP contribution in [-0.2, 0) is 6.54 Å². The highest BCUT2D eigenvalue weighted by atomic mass is 19.4. The van der Waals surface area contributed by atoms with Crippen LogP contribution in [0.3, 0.4) is 0 Å². The summed E-state index contributed by atoms with van der Waals surface area (Å²) in [6.07, 6.45) is -0.536. The first kappa shape index (κ1) is 13.8. The van der Waals surface area contributed by atoms with E-state index in [4.69, 9.17) is 4.74 Å². The Morgan fingerprint density at radius 2 is 2.18 bits per heavy atom. The van der Waals surface area contributed by atoms with Gasteiger partial charge in [-0.15, -0.1) is 0 Å². The van der Waals surface area contributed by atoms with Crippen LogP contribution in [0.15, 0.2) is 18.5 Å². The van der Waals surface area contributed by atoms with Crippen molar-refractivity contribution in [1.82, 2.24) is 10.3 Å². The van der Waals surface area contributed by atoms with E-state index in [2.05, 4.69) is 10.3 Å². The van der Waals surface area contributed by atoms with E-state index in [1.54, 1.807) is 6.07 Å². The van der Waals surface area contributed by atoms with E-state index >= 15 is 0 Å². The van der Waals surface area contributed by atoms with Crippen molar-refractivity contribution in [2.45, 2.75) is 26.1 Å². The smallest absolute Gasteiger partial charge is 0.422 e. The zero-order chi connectivity index (χ0) is 12.7. The van der Waals surface area contributed by atoms with Crippen LogP contribution in [0, 0.1) is 0 Å². The molecule has 0 aliphatic rings. The molecule has 6 heteroatoms. The molecule has 0 aliphatic carbocycles. The molecule has 1 aromatic heterocycles.